The molecule has 0 bridgehead atoms. The molecule has 0 aromatic carbocycles. The Morgan fingerprint density at radius 3 is 1.22 bits per heavy atom. The van der Waals surface area contributed by atoms with Gasteiger partial charge in [0.05, 0.1) is 0 Å². The van der Waals surface area contributed by atoms with Crippen LogP contribution in [0.15, 0.2) is 24.3 Å². The van der Waals surface area contributed by atoms with Crippen LogP contribution in [0.1, 0.15) is 161 Å². The van der Waals surface area contributed by atoms with Crippen molar-refractivity contribution in [3.63, 3.8) is 0 Å². The summed E-state index contributed by atoms with van der Waals surface area (Å²) in [7, 11) is 0. The van der Waals surface area contributed by atoms with Crippen LogP contribution < -0.4 is 0 Å². The fourth-order valence-electron chi connectivity index (χ4n) is 4.21. The van der Waals surface area contributed by atoms with Crippen molar-refractivity contribution in [3.05, 3.63) is 24.3 Å². The lowest BCUT2D eigenvalue weighted by Crippen LogP contribution is -1.93. The minimum absolute atomic E-state index is 0.342. The van der Waals surface area contributed by atoms with Crippen LogP contribution in [0.5, 0.6) is 0 Å². The summed E-state index contributed by atoms with van der Waals surface area (Å²) in [5, 5.41) is 8.60. The van der Waals surface area contributed by atoms with Gasteiger partial charge in [0.2, 0.25) is 0 Å². The molecule has 1 N–H and O–H groups in total. The topological polar surface area (TPSA) is 37.3 Å². The highest BCUT2D eigenvalue weighted by Gasteiger charge is 1.97. The van der Waals surface area contributed by atoms with Gasteiger partial charge in [0.25, 0.3) is 0 Å². The molecule has 0 spiro atoms. The summed E-state index contributed by atoms with van der Waals surface area (Å²) in [6.45, 7) is 2.27. The molecule has 0 radical (unpaired) electrons. The number of carbonyl (C=O) groups is 1. The molecule has 0 aromatic heterocycles. The molecule has 0 aliphatic rings. The molecule has 0 aliphatic heterocycles. The van der Waals surface area contributed by atoms with Crippen molar-refractivity contribution in [2.75, 3.05) is 0 Å². The van der Waals surface area contributed by atoms with Crippen molar-refractivity contribution in [1.82, 2.24) is 0 Å². The first-order valence-corrected chi connectivity index (χ1v) is 14.3. The van der Waals surface area contributed by atoms with E-state index in [-0.39, 0.29) is 0 Å². The second-order valence-electron chi connectivity index (χ2n) is 9.62. The summed E-state index contributed by atoms with van der Waals surface area (Å²) in [6.07, 6.45) is 40.0. The largest absolute Gasteiger partial charge is 0.481 e. The molecular weight excluding hydrogens is 392 g/mol. The second-order valence-corrected chi connectivity index (χ2v) is 9.62. The van der Waals surface area contributed by atoms with Crippen LogP contribution in [-0.4, -0.2) is 11.1 Å². The van der Waals surface area contributed by atoms with Gasteiger partial charge in [-0.3, -0.25) is 4.79 Å². The maximum absolute atomic E-state index is 10.4. The van der Waals surface area contributed by atoms with Gasteiger partial charge in [-0.2, -0.15) is 0 Å². The summed E-state index contributed by atoms with van der Waals surface area (Å²) in [6, 6.07) is 0. The van der Waals surface area contributed by atoms with E-state index in [9.17, 15) is 4.79 Å². The van der Waals surface area contributed by atoms with Crippen LogP contribution in [0.2, 0.25) is 0 Å². The van der Waals surface area contributed by atoms with E-state index in [0.29, 0.717) is 6.42 Å². The molecule has 0 heterocycles. The lowest BCUT2D eigenvalue weighted by Gasteiger charge is -2.03. The monoisotopic (exact) mass is 448 g/mol. The zero-order valence-electron chi connectivity index (χ0n) is 21.6. The molecular formula is C30H56O2. The minimum atomic E-state index is -0.653. The Labute approximate surface area is 201 Å². The van der Waals surface area contributed by atoms with Gasteiger partial charge in [-0.15, -0.1) is 0 Å². The number of carboxylic acid groups (broad SMARTS) is 1. The van der Waals surface area contributed by atoms with Crippen LogP contribution in [0.4, 0.5) is 0 Å². The van der Waals surface area contributed by atoms with Crippen molar-refractivity contribution in [2.24, 2.45) is 0 Å². The Morgan fingerprint density at radius 1 is 0.500 bits per heavy atom. The van der Waals surface area contributed by atoms with E-state index in [4.69, 9.17) is 5.11 Å². The first kappa shape index (κ1) is 30.9. The first-order valence-electron chi connectivity index (χ1n) is 14.3. The maximum Gasteiger partial charge on any atom is 0.303 e. The number of hydrogen-bond acceptors (Lipinski definition) is 1. The van der Waals surface area contributed by atoms with Crippen molar-refractivity contribution in [3.8, 4) is 0 Å². The summed E-state index contributed by atoms with van der Waals surface area (Å²) >= 11 is 0. The van der Waals surface area contributed by atoms with Gasteiger partial charge in [-0.25, -0.2) is 0 Å². The Hall–Kier alpha value is -1.05. The Morgan fingerprint density at radius 2 is 0.844 bits per heavy atom. The highest BCUT2D eigenvalue weighted by molar-refractivity contribution is 5.66. The summed E-state index contributed by atoms with van der Waals surface area (Å²) < 4.78 is 0. The number of unbranched alkanes of at least 4 members (excludes halogenated alkanes) is 20. The number of rotatable bonds is 26. The predicted octanol–water partition coefficient (Wildman–Crippen LogP) is 10.6. The lowest BCUT2D eigenvalue weighted by atomic mass is 10.0. The van der Waals surface area contributed by atoms with E-state index in [1.807, 2.05) is 0 Å². The molecule has 188 valence electrons. The third kappa shape index (κ3) is 28.9. The van der Waals surface area contributed by atoms with E-state index in [1.165, 1.54) is 128 Å². The number of hydrogen-bond donors (Lipinski definition) is 1. The third-order valence-corrected chi connectivity index (χ3v) is 6.34. The lowest BCUT2D eigenvalue weighted by molar-refractivity contribution is -0.137. The van der Waals surface area contributed by atoms with Crippen molar-refractivity contribution >= 4 is 5.97 Å². The fraction of sp³-hybridized carbons (Fsp3) is 0.833. The molecule has 0 fully saturated rings. The molecule has 0 aromatic rings. The van der Waals surface area contributed by atoms with Crippen molar-refractivity contribution < 1.29 is 9.90 Å². The van der Waals surface area contributed by atoms with Gasteiger partial charge >= 0.3 is 5.97 Å². The van der Waals surface area contributed by atoms with E-state index in [0.717, 1.165) is 19.3 Å². The number of carboxylic acids is 1. The molecule has 2 heteroatoms. The molecule has 0 aliphatic carbocycles. The standard InChI is InChI=1S/C30H56O2/c1-2-3-4-5-6-7-8-9-10-11-12-13-14-15-16-17-18-19-20-21-22-23-24-25-26-27-28-29-30(31)32/h7-8,10-11H,2-6,9,12-29H2,1H3,(H,31,32). The summed E-state index contributed by atoms with van der Waals surface area (Å²) in [4.78, 5) is 10.4. The van der Waals surface area contributed by atoms with Crippen molar-refractivity contribution in [1.29, 1.82) is 0 Å². The summed E-state index contributed by atoms with van der Waals surface area (Å²) in [5.41, 5.74) is 0. The van der Waals surface area contributed by atoms with Gasteiger partial charge in [-0.1, -0.05) is 140 Å². The molecule has 2 nitrogen and oxygen atoms in total. The highest BCUT2D eigenvalue weighted by Crippen LogP contribution is 2.14. The van der Waals surface area contributed by atoms with E-state index < -0.39 is 5.97 Å². The third-order valence-electron chi connectivity index (χ3n) is 6.34. The van der Waals surface area contributed by atoms with E-state index >= 15 is 0 Å². The van der Waals surface area contributed by atoms with E-state index in [2.05, 4.69) is 31.2 Å². The predicted molar refractivity (Wildman–Crippen MR) is 142 cm³/mol. The fourth-order valence-corrected chi connectivity index (χ4v) is 4.21. The molecule has 0 saturated heterocycles. The SMILES string of the molecule is CCCCCCC=CCC=CCCCCCCCCCCCCCCCCCCC(=O)O. The van der Waals surface area contributed by atoms with E-state index in [1.54, 1.807) is 0 Å². The first-order chi connectivity index (χ1) is 15.8. The molecule has 32 heavy (non-hydrogen) atoms. The van der Waals surface area contributed by atoms with Gasteiger partial charge in [0, 0.05) is 6.42 Å². The van der Waals surface area contributed by atoms with Crippen LogP contribution in [0.25, 0.3) is 0 Å². The number of allylic oxidation sites excluding steroid dienone is 4. The van der Waals surface area contributed by atoms with Crippen LogP contribution >= 0.6 is 0 Å². The minimum Gasteiger partial charge on any atom is -0.481 e. The zero-order chi connectivity index (χ0) is 23.4. The smallest absolute Gasteiger partial charge is 0.303 e. The average molecular weight is 449 g/mol. The zero-order valence-corrected chi connectivity index (χ0v) is 21.6. The summed E-state index contributed by atoms with van der Waals surface area (Å²) in [5.74, 6) is -0.653. The number of aliphatic carboxylic acids is 1. The molecule has 0 unspecified atom stereocenters. The van der Waals surface area contributed by atoms with Gasteiger partial charge < -0.3 is 5.11 Å². The molecule has 0 amide bonds. The maximum atomic E-state index is 10.4. The normalized spacial score (nSPS) is 11.8. The Balaban J connectivity index is 3.11. The highest BCUT2D eigenvalue weighted by atomic mass is 16.4. The van der Waals surface area contributed by atoms with Crippen LogP contribution in [0, 0.1) is 0 Å². The Kier molecular flexibility index (Phi) is 27.1. The average Bonchev–Trinajstić information content (AvgIpc) is 2.78. The van der Waals surface area contributed by atoms with Crippen LogP contribution in [-0.2, 0) is 4.79 Å². The van der Waals surface area contributed by atoms with Gasteiger partial charge in [0.1, 0.15) is 0 Å². The quantitative estimate of drug-likeness (QED) is 0.105. The van der Waals surface area contributed by atoms with Crippen LogP contribution in [0.3, 0.4) is 0 Å². The second kappa shape index (κ2) is 28.0. The van der Waals surface area contributed by atoms with Gasteiger partial charge in [0.15, 0.2) is 0 Å². The molecule has 0 atom stereocenters. The molecule has 0 saturated carbocycles. The Bertz CT molecular complexity index is 425. The molecule has 0 rings (SSSR count). The van der Waals surface area contributed by atoms with Crippen molar-refractivity contribution in [2.45, 2.75) is 161 Å². The van der Waals surface area contributed by atoms with Gasteiger partial charge in [-0.05, 0) is 38.5 Å².